The second kappa shape index (κ2) is 15.6. The standard InChI is InChI=1S/C58H45NO2S2Si2/c1-64(2)52-22-9-5-17-47(52)60-56-44(14-12-24-54(56)64)38-26-32-41(33-27-38)59(43-36-30-40(31-37-43)46-16-11-21-51-58(46)63-50-20-8-7-19-49(50)62-51)42-34-28-39(29-35-42)45-15-13-25-55-57(45)61-48-18-6-10-23-53(48)65(55,3)4/h5-37H,1-4H3. The van der Waals surface area contributed by atoms with Crippen molar-refractivity contribution in [3.05, 3.63) is 200 Å². The van der Waals surface area contributed by atoms with Crippen molar-refractivity contribution in [1.82, 2.24) is 0 Å². The second-order valence-corrected chi connectivity index (χ2v) is 28.9. The fourth-order valence-electron chi connectivity index (χ4n) is 9.98. The Morgan fingerprint density at radius 2 is 0.708 bits per heavy atom. The molecule has 3 aliphatic heterocycles. The summed E-state index contributed by atoms with van der Waals surface area (Å²) in [5, 5.41) is 5.36. The van der Waals surface area contributed by atoms with E-state index < -0.39 is 16.1 Å². The number of ether oxygens (including phenoxy) is 2. The quantitative estimate of drug-likeness (QED) is 0.155. The molecule has 0 spiro atoms. The van der Waals surface area contributed by atoms with E-state index in [1.165, 1.54) is 51.5 Å². The zero-order valence-corrected chi connectivity index (χ0v) is 40.3. The molecular weight excluding hydrogens is 863 g/mol. The predicted octanol–water partition coefficient (Wildman–Crippen LogP) is 14.6. The lowest BCUT2D eigenvalue weighted by Crippen LogP contribution is -2.56. The Morgan fingerprint density at radius 3 is 1.20 bits per heavy atom. The largest absolute Gasteiger partial charge is 0.457 e. The smallest absolute Gasteiger partial charge is 0.134 e. The normalized spacial score (nSPS) is 14.5. The molecule has 0 unspecified atom stereocenters. The predicted molar refractivity (Wildman–Crippen MR) is 279 cm³/mol. The number of nitrogens with zero attached hydrogens (tertiary/aromatic N) is 1. The lowest BCUT2D eigenvalue weighted by atomic mass is 10.0. The number of fused-ring (bicyclic) bond motifs is 6. The molecule has 0 radical (unpaired) electrons. The first-order chi connectivity index (χ1) is 31.7. The topological polar surface area (TPSA) is 21.7 Å². The summed E-state index contributed by atoms with van der Waals surface area (Å²) < 4.78 is 13.5. The molecule has 9 aromatic carbocycles. The molecule has 0 saturated heterocycles. The minimum atomic E-state index is -1.97. The molecule has 7 heteroatoms. The Balaban J connectivity index is 0.927. The van der Waals surface area contributed by atoms with Gasteiger partial charge in [-0.3, -0.25) is 0 Å². The van der Waals surface area contributed by atoms with E-state index in [4.69, 9.17) is 9.47 Å². The Labute approximate surface area is 391 Å². The average molecular weight is 908 g/mol. The van der Waals surface area contributed by atoms with Crippen LogP contribution in [0.2, 0.25) is 26.2 Å². The van der Waals surface area contributed by atoms with E-state index in [2.05, 4.69) is 231 Å². The molecular formula is C58H45NO2S2Si2. The molecule has 0 amide bonds. The van der Waals surface area contributed by atoms with Crippen LogP contribution in [0.25, 0.3) is 33.4 Å². The van der Waals surface area contributed by atoms with Crippen LogP contribution in [-0.2, 0) is 0 Å². The van der Waals surface area contributed by atoms with Crippen LogP contribution >= 0.6 is 23.5 Å². The number of rotatable bonds is 6. The van der Waals surface area contributed by atoms with Crippen molar-refractivity contribution in [1.29, 1.82) is 0 Å². The summed E-state index contributed by atoms with van der Waals surface area (Å²) in [5.41, 5.74) is 10.2. The van der Waals surface area contributed by atoms with Crippen LogP contribution in [0.4, 0.5) is 17.1 Å². The number of hydrogen-bond donors (Lipinski definition) is 0. The summed E-state index contributed by atoms with van der Waals surface area (Å²) in [6.07, 6.45) is 0. The van der Waals surface area contributed by atoms with Gasteiger partial charge in [-0.1, -0.05) is 183 Å². The van der Waals surface area contributed by atoms with Crippen molar-refractivity contribution in [3.63, 3.8) is 0 Å². The molecule has 3 nitrogen and oxygen atoms in total. The Bertz CT molecular complexity index is 3180. The van der Waals surface area contributed by atoms with Gasteiger partial charge in [0.2, 0.25) is 0 Å². The van der Waals surface area contributed by atoms with Crippen LogP contribution in [-0.4, -0.2) is 16.1 Å². The molecule has 0 fully saturated rings. The highest BCUT2D eigenvalue weighted by Gasteiger charge is 2.38. The van der Waals surface area contributed by atoms with Gasteiger partial charge in [-0.25, -0.2) is 0 Å². The average Bonchev–Trinajstić information content (AvgIpc) is 3.34. The van der Waals surface area contributed by atoms with Gasteiger partial charge in [0, 0.05) is 47.8 Å². The zero-order chi connectivity index (χ0) is 43.9. The van der Waals surface area contributed by atoms with Gasteiger partial charge in [0.15, 0.2) is 0 Å². The molecule has 12 rings (SSSR count). The third-order valence-corrected chi connectivity index (χ3v) is 23.1. The van der Waals surface area contributed by atoms with Crippen molar-refractivity contribution in [2.75, 3.05) is 4.90 Å². The molecule has 0 aliphatic carbocycles. The van der Waals surface area contributed by atoms with E-state index in [0.29, 0.717) is 0 Å². The maximum absolute atomic E-state index is 6.74. The van der Waals surface area contributed by atoms with Crippen molar-refractivity contribution in [3.8, 4) is 56.4 Å². The van der Waals surface area contributed by atoms with Crippen LogP contribution in [0, 0.1) is 0 Å². The maximum Gasteiger partial charge on any atom is 0.134 e. The molecule has 0 atom stereocenters. The van der Waals surface area contributed by atoms with Gasteiger partial charge in [0.1, 0.15) is 39.1 Å². The number of anilines is 3. The lowest BCUT2D eigenvalue weighted by Gasteiger charge is -2.34. The van der Waals surface area contributed by atoms with Crippen LogP contribution in [0.3, 0.4) is 0 Å². The molecule has 0 aromatic heterocycles. The first-order valence-electron chi connectivity index (χ1n) is 22.2. The zero-order valence-electron chi connectivity index (χ0n) is 36.6. The van der Waals surface area contributed by atoms with Gasteiger partial charge in [0.05, 0.1) is 0 Å². The van der Waals surface area contributed by atoms with Gasteiger partial charge >= 0.3 is 0 Å². The van der Waals surface area contributed by atoms with Crippen LogP contribution in [0.5, 0.6) is 23.0 Å². The molecule has 3 aliphatic rings. The Morgan fingerprint density at radius 1 is 0.338 bits per heavy atom. The Hall–Kier alpha value is -6.49. The van der Waals surface area contributed by atoms with Crippen molar-refractivity contribution in [2.24, 2.45) is 0 Å². The molecule has 0 N–H and O–H groups in total. The minimum absolute atomic E-state index is 0.982. The van der Waals surface area contributed by atoms with E-state index in [9.17, 15) is 0 Å². The SMILES string of the molecule is C[Si]1(C)c2ccccc2Oc2c(-c3ccc(N(c4ccc(-c5cccc6c5Oc5ccccc5[Si]6(C)C)cc4)c4ccc(-c5cccc6c5Sc5ccccc5S6)cc4)cc3)cccc21. The van der Waals surface area contributed by atoms with Crippen LogP contribution in [0.15, 0.2) is 220 Å². The number of para-hydroxylation sites is 4. The summed E-state index contributed by atoms with van der Waals surface area (Å²) in [7, 11) is -3.94. The molecule has 65 heavy (non-hydrogen) atoms. The van der Waals surface area contributed by atoms with Gasteiger partial charge in [-0.15, -0.1) is 0 Å². The van der Waals surface area contributed by atoms with Crippen molar-refractivity contribution < 1.29 is 9.47 Å². The maximum atomic E-state index is 6.74. The minimum Gasteiger partial charge on any atom is -0.457 e. The highest BCUT2D eigenvalue weighted by molar-refractivity contribution is 8.05. The summed E-state index contributed by atoms with van der Waals surface area (Å²) in [6.45, 7) is 9.72. The van der Waals surface area contributed by atoms with E-state index in [1.807, 2.05) is 23.5 Å². The van der Waals surface area contributed by atoms with E-state index >= 15 is 0 Å². The summed E-state index contributed by atoms with van der Waals surface area (Å²) in [5.74, 6) is 3.94. The van der Waals surface area contributed by atoms with E-state index in [1.54, 1.807) is 0 Å². The number of hydrogen-bond acceptors (Lipinski definition) is 5. The fraction of sp³-hybridized carbons (Fsp3) is 0.0690. The summed E-state index contributed by atoms with van der Waals surface area (Å²) in [6, 6.07) is 73.0. The molecule has 314 valence electrons. The first-order valence-corrected chi connectivity index (χ1v) is 29.9. The highest BCUT2D eigenvalue weighted by Crippen LogP contribution is 2.52. The first kappa shape index (κ1) is 40.1. The van der Waals surface area contributed by atoms with E-state index in [0.717, 1.165) is 62.3 Å². The van der Waals surface area contributed by atoms with Gasteiger partial charge in [-0.2, -0.15) is 0 Å². The fourth-order valence-corrected chi connectivity index (χ4v) is 18.0. The highest BCUT2D eigenvalue weighted by atomic mass is 32.2. The van der Waals surface area contributed by atoms with Crippen LogP contribution in [0.1, 0.15) is 0 Å². The third kappa shape index (κ3) is 6.71. The van der Waals surface area contributed by atoms with Crippen molar-refractivity contribution >= 4 is 77.5 Å². The third-order valence-electron chi connectivity index (χ3n) is 13.5. The lowest BCUT2D eigenvalue weighted by molar-refractivity contribution is 0.488. The van der Waals surface area contributed by atoms with Crippen molar-refractivity contribution in [2.45, 2.75) is 45.8 Å². The van der Waals surface area contributed by atoms with Gasteiger partial charge < -0.3 is 14.4 Å². The summed E-state index contributed by atoms with van der Waals surface area (Å²) >= 11 is 3.73. The number of benzene rings is 9. The molecule has 3 heterocycles. The second-order valence-electron chi connectivity index (χ2n) is 18.1. The van der Waals surface area contributed by atoms with E-state index in [-0.39, 0.29) is 0 Å². The van der Waals surface area contributed by atoms with Gasteiger partial charge in [-0.05, 0) is 110 Å². The monoisotopic (exact) mass is 907 g/mol. The van der Waals surface area contributed by atoms with Gasteiger partial charge in [0.25, 0.3) is 0 Å². The summed E-state index contributed by atoms with van der Waals surface area (Å²) in [4.78, 5) is 7.61. The van der Waals surface area contributed by atoms with Crippen LogP contribution < -0.4 is 35.1 Å². The Kier molecular flexibility index (Phi) is 9.61. The molecule has 0 bridgehead atoms. The molecule has 0 saturated carbocycles. The molecule has 9 aromatic rings.